The number of methoxy groups -OCH3 is 2. The Morgan fingerprint density at radius 2 is 1.41 bits per heavy atom. The topological polar surface area (TPSA) is 45.5 Å². The van der Waals surface area contributed by atoms with Crippen molar-refractivity contribution in [1.29, 1.82) is 0 Å². The van der Waals surface area contributed by atoms with Gasteiger partial charge in [-0.05, 0) is 58.2 Å². The third kappa shape index (κ3) is 4.90. The minimum Gasteiger partial charge on any atom is -0.497 e. The molecule has 0 aliphatic carbocycles. The molecule has 0 spiro atoms. The smallest absolute Gasteiger partial charge is 0.118 e. The lowest BCUT2D eigenvalue weighted by Crippen LogP contribution is -2.04. The summed E-state index contributed by atoms with van der Waals surface area (Å²) in [5, 5.41) is 4.70. The van der Waals surface area contributed by atoms with Gasteiger partial charge in [0.15, 0.2) is 0 Å². The van der Waals surface area contributed by atoms with Crippen molar-refractivity contribution in [2.45, 2.75) is 26.7 Å². The second-order valence-electron chi connectivity index (χ2n) is 6.19. The number of ether oxygens (including phenoxy) is 3. The minimum absolute atomic E-state index is 0.447. The van der Waals surface area contributed by atoms with Crippen LogP contribution in [0, 0.1) is 6.92 Å². The van der Waals surface area contributed by atoms with Crippen LogP contribution in [0.4, 0.5) is 0 Å². The van der Waals surface area contributed by atoms with Crippen molar-refractivity contribution in [3.05, 3.63) is 75.5 Å². The molecule has 0 bridgehead atoms. The summed E-state index contributed by atoms with van der Waals surface area (Å²) < 4.78 is 19.2. The molecule has 1 aromatic heterocycles. The molecule has 5 nitrogen and oxygen atoms in total. The first-order chi connectivity index (χ1) is 13.1. The summed E-state index contributed by atoms with van der Waals surface area (Å²) in [6.07, 6.45) is 0. The summed E-state index contributed by atoms with van der Waals surface area (Å²) in [5.74, 6) is 1.69. The molecule has 0 fully saturated rings. The molecule has 0 aliphatic rings. The van der Waals surface area contributed by atoms with Crippen molar-refractivity contribution < 1.29 is 14.2 Å². The normalized spacial score (nSPS) is 10.8. The Morgan fingerprint density at radius 1 is 0.852 bits per heavy atom. The number of aromatic nitrogens is 2. The first kappa shape index (κ1) is 19.5. The molecule has 0 aliphatic heterocycles. The number of rotatable bonds is 8. The molecule has 6 heteroatoms. The number of nitrogens with zero attached hydrogens (tertiary/aromatic N) is 2. The zero-order valence-corrected chi connectivity index (χ0v) is 17.3. The lowest BCUT2D eigenvalue weighted by Gasteiger charge is -2.06. The molecule has 0 saturated heterocycles. The van der Waals surface area contributed by atoms with Crippen LogP contribution < -0.4 is 9.47 Å². The molecule has 0 atom stereocenters. The summed E-state index contributed by atoms with van der Waals surface area (Å²) in [4.78, 5) is 0. The Labute approximate surface area is 168 Å². The van der Waals surface area contributed by atoms with Crippen LogP contribution in [0.1, 0.15) is 22.5 Å². The Bertz CT molecular complexity index is 874. The third-order valence-electron chi connectivity index (χ3n) is 4.36. The summed E-state index contributed by atoms with van der Waals surface area (Å²) in [6, 6.07) is 15.9. The van der Waals surface area contributed by atoms with E-state index < -0.39 is 0 Å². The number of hydrogen-bond donors (Lipinski definition) is 0. The number of benzene rings is 2. The first-order valence-electron chi connectivity index (χ1n) is 8.66. The highest BCUT2D eigenvalue weighted by atomic mass is 79.9. The van der Waals surface area contributed by atoms with Crippen molar-refractivity contribution in [3.63, 3.8) is 0 Å². The van der Waals surface area contributed by atoms with Crippen molar-refractivity contribution >= 4 is 15.9 Å². The van der Waals surface area contributed by atoms with E-state index in [-0.39, 0.29) is 0 Å². The van der Waals surface area contributed by atoms with Crippen molar-refractivity contribution in [3.8, 4) is 11.5 Å². The lowest BCUT2D eigenvalue weighted by atomic mass is 10.2. The van der Waals surface area contributed by atoms with Crippen molar-refractivity contribution in [1.82, 2.24) is 9.78 Å². The molecule has 142 valence electrons. The molecule has 1 heterocycles. The average Bonchev–Trinajstić information content (AvgIpc) is 2.97. The zero-order chi connectivity index (χ0) is 19.2. The molecule has 3 aromatic rings. The van der Waals surface area contributed by atoms with E-state index in [9.17, 15) is 0 Å². The van der Waals surface area contributed by atoms with E-state index in [4.69, 9.17) is 19.3 Å². The maximum atomic E-state index is 5.85. The SMILES string of the molecule is COc1ccc(COCc2nn(Cc3ccc(OC)cc3)c(C)c2Br)cc1. The fraction of sp³-hybridized carbons (Fsp3) is 0.286. The fourth-order valence-electron chi connectivity index (χ4n) is 2.72. The molecule has 3 rings (SSSR count). The lowest BCUT2D eigenvalue weighted by molar-refractivity contribution is 0.104. The Morgan fingerprint density at radius 3 is 1.96 bits per heavy atom. The molecule has 0 unspecified atom stereocenters. The van der Waals surface area contributed by atoms with Crippen LogP contribution in [-0.2, 0) is 24.5 Å². The van der Waals surface area contributed by atoms with Gasteiger partial charge < -0.3 is 14.2 Å². The number of hydrogen-bond acceptors (Lipinski definition) is 4. The van der Waals surface area contributed by atoms with Gasteiger partial charge in [0.25, 0.3) is 0 Å². The van der Waals surface area contributed by atoms with Gasteiger partial charge in [0, 0.05) is 0 Å². The Balaban J connectivity index is 1.61. The van der Waals surface area contributed by atoms with Crippen molar-refractivity contribution in [2.75, 3.05) is 14.2 Å². The standard InChI is InChI=1S/C21H23BrN2O3/c1-15-21(22)20(14-27-13-17-6-10-19(26-3)11-7-17)23-24(15)12-16-4-8-18(25-2)9-5-16/h4-11H,12-14H2,1-3H3. The summed E-state index contributed by atoms with van der Waals surface area (Å²) in [5.41, 5.74) is 4.24. The van der Waals surface area contributed by atoms with Gasteiger partial charge in [-0.15, -0.1) is 0 Å². The second-order valence-corrected chi connectivity index (χ2v) is 6.99. The van der Waals surface area contributed by atoms with Gasteiger partial charge in [-0.25, -0.2) is 0 Å². The van der Waals surface area contributed by atoms with E-state index >= 15 is 0 Å². The summed E-state index contributed by atoms with van der Waals surface area (Å²) in [6.45, 7) is 3.73. The molecule has 0 saturated carbocycles. The summed E-state index contributed by atoms with van der Waals surface area (Å²) >= 11 is 3.64. The monoisotopic (exact) mass is 430 g/mol. The van der Waals surface area contributed by atoms with Gasteiger partial charge in [-0.3, -0.25) is 4.68 Å². The van der Waals surface area contributed by atoms with Gasteiger partial charge in [-0.1, -0.05) is 24.3 Å². The maximum Gasteiger partial charge on any atom is 0.118 e. The number of halogens is 1. The first-order valence-corrected chi connectivity index (χ1v) is 9.45. The fourth-order valence-corrected chi connectivity index (χ4v) is 3.12. The molecule has 0 radical (unpaired) electrons. The van der Waals surface area contributed by atoms with Crippen LogP contribution >= 0.6 is 15.9 Å². The highest BCUT2D eigenvalue weighted by molar-refractivity contribution is 9.10. The highest BCUT2D eigenvalue weighted by Crippen LogP contribution is 2.23. The quantitative estimate of drug-likeness (QED) is 0.517. The van der Waals surface area contributed by atoms with E-state index in [0.29, 0.717) is 19.8 Å². The highest BCUT2D eigenvalue weighted by Gasteiger charge is 2.13. The molecular weight excluding hydrogens is 408 g/mol. The minimum atomic E-state index is 0.447. The molecular formula is C21H23BrN2O3. The third-order valence-corrected chi connectivity index (χ3v) is 5.39. The average molecular weight is 431 g/mol. The van der Waals surface area contributed by atoms with E-state index in [1.807, 2.05) is 60.1 Å². The van der Waals surface area contributed by atoms with Crippen LogP contribution in [0.3, 0.4) is 0 Å². The van der Waals surface area contributed by atoms with E-state index in [0.717, 1.165) is 32.9 Å². The second kappa shape index (κ2) is 9.06. The van der Waals surface area contributed by atoms with Gasteiger partial charge in [-0.2, -0.15) is 5.10 Å². The van der Waals surface area contributed by atoms with E-state index in [1.54, 1.807) is 14.2 Å². The predicted octanol–water partition coefficient (Wildman–Crippen LogP) is 4.74. The van der Waals surface area contributed by atoms with Crippen LogP contribution in [-0.4, -0.2) is 24.0 Å². The predicted molar refractivity (Wildman–Crippen MR) is 108 cm³/mol. The zero-order valence-electron chi connectivity index (χ0n) is 15.7. The van der Waals surface area contributed by atoms with Crippen LogP contribution in [0.5, 0.6) is 11.5 Å². The van der Waals surface area contributed by atoms with Gasteiger partial charge in [0.05, 0.1) is 44.1 Å². The van der Waals surface area contributed by atoms with Gasteiger partial charge in [0.2, 0.25) is 0 Å². The molecule has 0 amide bonds. The molecule has 27 heavy (non-hydrogen) atoms. The molecule has 0 N–H and O–H groups in total. The van der Waals surface area contributed by atoms with Gasteiger partial charge >= 0.3 is 0 Å². The van der Waals surface area contributed by atoms with E-state index in [1.165, 1.54) is 5.56 Å². The van der Waals surface area contributed by atoms with Crippen LogP contribution in [0.15, 0.2) is 53.0 Å². The Hall–Kier alpha value is -2.31. The summed E-state index contributed by atoms with van der Waals surface area (Å²) in [7, 11) is 3.33. The largest absolute Gasteiger partial charge is 0.497 e. The van der Waals surface area contributed by atoms with Crippen LogP contribution in [0.2, 0.25) is 0 Å². The Kier molecular flexibility index (Phi) is 6.53. The van der Waals surface area contributed by atoms with Gasteiger partial charge in [0.1, 0.15) is 17.2 Å². The van der Waals surface area contributed by atoms with E-state index in [2.05, 4.69) is 15.9 Å². The maximum absolute atomic E-state index is 5.85. The molecule has 2 aromatic carbocycles. The van der Waals surface area contributed by atoms with Crippen molar-refractivity contribution in [2.24, 2.45) is 0 Å². The van der Waals surface area contributed by atoms with Crippen LogP contribution in [0.25, 0.3) is 0 Å².